The molecule has 0 spiro atoms. The molecule has 0 aromatic heterocycles. The minimum absolute atomic E-state index is 0.431. The third kappa shape index (κ3) is 37.4. The Labute approximate surface area is 681 Å². The predicted octanol–water partition coefficient (Wildman–Crippen LogP) is 36.5. The fourth-order valence-electron chi connectivity index (χ4n) is 21.7. The van der Waals surface area contributed by atoms with E-state index in [1.807, 2.05) is 0 Å². The molecule has 0 heterocycles. The lowest BCUT2D eigenvalue weighted by molar-refractivity contribution is 0.133. The topological polar surface area (TPSA) is 0 Å². The van der Waals surface area contributed by atoms with E-state index in [9.17, 15) is 0 Å². The third-order valence-corrected chi connectivity index (χ3v) is 29.6. The molecule has 13 rings (SSSR count). The van der Waals surface area contributed by atoms with E-state index < -0.39 is 0 Å². The normalized spacial score (nSPS) is 30.0. The molecule has 0 saturated heterocycles. The molecule has 0 aliphatic heterocycles. The summed E-state index contributed by atoms with van der Waals surface area (Å²) in [5, 5.41) is 0. The van der Waals surface area contributed by atoms with Crippen molar-refractivity contribution in [3.63, 3.8) is 0 Å². The highest BCUT2D eigenvalue weighted by molar-refractivity contribution is 5.15. The van der Waals surface area contributed by atoms with Gasteiger partial charge in [-0.2, -0.15) is 0 Å². The van der Waals surface area contributed by atoms with Gasteiger partial charge in [-0.3, -0.25) is 0 Å². The molecule has 0 amide bonds. The van der Waals surface area contributed by atoms with Crippen molar-refractivity contribution >= 4 is 0 Å². The predicted molar refractivity (Wildman–Crippen MR) is 490 cm³/mol. The van der Waals surface area contributed by atoms with E-state index in [4.69, 9.17) is 0 Å². The fourth-order valence-corrected chi connectivity index (χ4v) is 21.7. The van der Waals surface area contributed by atoms with Crippen LogP contribution in [0.15, 0.2) is 83.6 Å². The summed E-state index contributed by atoms with van der Waals surface area (Å²) < 4.78 is 0. The largest absolute Gasteiger partial charge is 0.0885 e. The molecule has 0 aromatic carbocycles. The van der Waals surface area contributed by atoms with Gasteiger partial charge in [-0.1, -0.05) is 349 Å². The molecular weight excluding hydrogens is 1300 g/mol. The highest BCUT2D eigenvalue weighted by Crippen LogP contribution is 2.55. The number of fused-ring (bicyclic) bond motifs is 3. The van der Waals surface area contributed by atoms with Gasteiger partial charge in [0.15, 0.2) is 0 Å². The van der Waals surface area contributed by atoms with Crippen molar-refractivity contribution in [3.05, 3.63) is 83.6 Å². The van der Waals surface area contributed by atoms with Gasteiger partial charge in [0.2, 0.25) is 0 Å². The molecular formula is C108H196. The summed E-state index contributed by atoms with van der Waals surface area (Å²) in [6.07, 6.45) is 84.5. The second kappa shape index (κ2) is 45.6. The Bertz CT molecular complexity index is 2430. The molecule has 108 heavy (non-hydrogen) atoms. The molecule has 0 heteroatoms. The Morgan fingerprint density at radius 1 is 0.222 bits per heavy atom. The van der Waals surface area contributed by atoms with Crippen LogP contribution in [0.4, 0.5) is 0 Å². The van der Waals surface area contributed by atoms with Crippen LogP contribution < -0.4 is 0 Å². The minimum Gasteiger partial charge on any atom is -0.0885 e. The first-order chi connectivity index (χ1) is 50.0. The quantitative estimate of drug-likeness (QED) is 0.212. The van der Waals surface area contributed by atoms with Crippen LogP contribution in [0.2, 0.25) is 0 Å². The second-order valence-corrected chi connectivity index (χ2v) is 48.5. The second-order valence-electron chi connectivity index (χ2n) is 48.5. The molecule has 13 aliphatic carbocycles. The molecule has 0 nitrogen and oxygen atoms in total. The number of hydrogen-bond donors (Lipinski definition) is 0. The van der Waals surface area contributed by atoms with Gasteiger partial charge in [0.1, 0.15) is 0 Å². The summed E-state index contributed by atoms with van der Waals surface area (Å²) in [7, 11) is 0. The van der Waals surface area contributed by atoms with Gasteiger partial charge in [-0.15, -0.1) is 0 Å². The van der Waals surface area contributed by atoms with Crippen molar-refractivity contribution in [1.82, 2.24) is 0 Å². The lowest BCUT2D eigenvalue weighted by Crippen LogP contribution is -2.28. The lowest BCUT2D eigenvalue weighted by Gasteiger charge is -2.36. The Balaban J connectivity index is 0.000000254. The summed E-state index contributed by atoms with van der Waals surface area (Å²) in [6, 6.07) is 0. The zero-order valence-corrected chi connectivity index (χ0v) is 79.3. The molecule has 0 radical (unpaired) electrons. The van der Waals surface area contributed by atoms with Crippen molar-refractivity contribution in [2.75, 3.05) is 0 Å². The monoisotopic (exact) mass is 1490 g/mol. The van der Waals surface area contributed by atoms with Crippen LogP contribution in [0.5, 0.6) is 0 Å². The van der Waals surface area contributed by atoms with E-state index in [0.717, 1.165) is 76.9 Å². The van der Waals surface area contributed by atoms with Crippen LogP contribution in [0.25, 0.3) is 0 Å². The smallest absolute Gasteiger partial charge is 0.0173 e. The van der Waals surface area contributed by atoms with E-state index in [1.165, 1.54) is 263 Å². The third-order valence-electron chi connectivity index (χ3n) is 29.6. The summed E-state index contributed by atoms with van der Waals surface area (Å²) in [5.41, 5.74) is 10.00. The zero-order valence-electron chi connectivity index (χ0n) is 79.3. The zero-order chi connectivity index (χ0) is 81.0. The van der Waals surface area contributed by atoms with E-state index in [-0.39, 0.29) is 0 Å². The molecule has 0 aromatic rings. The summed E-state index contributed by atoms with van der Waals surface area (Å²) in [6.45, 7) is 70.7. The van der Waals surface area contributed by atoms with Gasteiger partial charge in [0, 0.05) is 0 Å². The first-order valence-electron chi connectivity index (χ1n) is 47.7. The molecule has 0 N–H and O–H groups in total. The number of allylic oxidation sites excluding steroid dienone is 14. The van der Waals surface area contributed by atoms with Crippen LogP contribution in [0.3, 0.4) is 0 Å². The van der Waals surface area contributed by atoms with Crippen molar-refractivity contribution in [3.8, 4) is 0 Å². The SMILES string of the molecule is CC(C)(C)C1=CCCCC1.CC(C)(C)C1=CCCCC1.CC(C)(C)C1=CCCCC1.CC(C)(C)C1C=CCCC1.CC(C)(C)C1C=CCCC1.CC(C)(C)C1CC2CCCC2C1.CC(C)(C)C1CC=CCC1.CC(C)(C)C1CC=CCC1.CC(C)(C)C1CCC2CCCCC21.CC(C)(C)C1CCC2CCCCC21. The standard InChI is InChI=1S/2C13H24.C12H22.7C10H18/c2*1-13(2,3)12-9-8-10-6-4-5-7-11(10)12;1-12(2,3)11-7-9-5-4-6-10(9)8-11;7*1-10(2,3)9-7-5-4-6-8-9/h2*10-12H,4-9H2,1-3H3;9-11H,4-8H2,1-3H3;3*7H,4-6,8H2,1-3H3;2*5,7,9H,4,6,8H2,1-3H3;2*4-5,9H,6-8H2,1-3H3. The van der Waals surface area contributed by atoms with E-state index in [1.54, 1.807) is 16.7 Å². The Hall–Kier alpha value is -1.82. The molecule has 12 atom stereocenters. The van der Waals surface area contributed by atoms with E-state index in [0.29, 0.717) is 54.1 Å². The fraction of sp³-hybridized carbons (Fsp3) is 0.870. The maximum Gasteiger partial charge on any atom is -0.0173 e. The van der Waals surface area contributed by atoms with Crippen molar-refractivity contribution in [2.24, 2.45) is 131 Å². The Kier molecular flexibility index (Phi) is 41.6. The van der Waals surface area contributed by atoms with Gasteiger partial charge < -0.3 is 0 Å². The van der Waals surface area contributed by atoms with Gasteiger partial charge >= 0.3 is 0 Å². The Morgan fingerprint density at radius 2 is 0.537 bits per heavy atom. The lowest BCUT2D eigenvalue weighted by atomic mass is 9.69. The number of rotatable bonds is 0. The summed E-state index contributed by atoms with van der Waals surface area (Å²) in [4.78, 5) is 0. The molecule has 6 fully saturated rings. The molecule has 12 unspecified atom stereocenters. The van der Waals surface area contributed by atoms with Crippen molar-refractivity contribution in [2.45, 2.75) is 471 Å². The van der Waals surface area contributed by atoms with Crippen LogP contribution in [0, 0.1) is 131 Å². The highest BCUT2D eigenvalue weighted by atomic mass is 14.5. The van der Waals surface area contributed by atoms with Gasteiger partial charge in [-0.05, 0) is 337 Å². The molecule has 628 valence electrons. The molecule has 13 aliphatic rings. The summed E-state index contributed by atoms with van der Waals surface area (Å²) >= 11 is 0. The highest BCUT2D eigenvalue weighted by Gasteiger charge is 2.45. The number of hydrogen-bond acceptors (Lipinski definition) is 0. The summed E-state index contributed by atoms with van der Waals surface area (Å²) in [5.74, 6) is 13.2. The molecule has 0 bridgehead atoms. The molecule has 6 saturated carbocycles. The Morgan fingerprint density at radius 3 is 0.750 bits per heavy atom. The van der Waals surface area contributed by atoms with Crippen LogP contribution >= 0.6 is 0 Å². The van der Waals surface area contributed by atoms with E-state index in [2.05, 4.69) is 275 Å². The first kappa shape index (κ1) is 98.5. The van der Waals surface area contributed by atoms with Crippen molar-refractivity contribution in [1.29, 1.82) is 0 Å². The van der Waals surface area contributed by atoms with Crippen molar-refractivity contribution < 1.29 is 0 Å². The van der Waals surface area contributed by atoms with Gasteiger partial charge in [0.05, 0.1) is 0 Å². The van der Waals surface area contributed by atoms with Crippen LogP contribution in [0.1, 0.15) is 471 Å². The first-order valence-corrected chi connectivity index (χ1v) is 47.7. The maximum absolute atomic E-state index is 2.44. The van der Waals surface area contributed by atoms with Gasteiger partial charge in [0.25, 0.3) is 0 Å². The average Bonchev–Trinajstić information content (AvgIpc) is 1.67. The van der Waals surface area contributed by atoms with E-state index >= 15 is 0 Å². The van der Waals surface area contributed by atoms with Gasteiger partial charge in [-0.25, -0.2) is 0 Å². The van der Waals surface area contributed by atoms with Crippen LogP contribution in [-0.2, 0) is 0 Å². The maximum atomic E-state index is 2.44. The minimum atomic E-state index is 0.431. The van der Waals surface area contributed by atoms with Crippen LogP contribution in [-0.4, -0.2) is 0 Å². The average molecular weight is 1490 g/mol.